The number of guanidine groups is 1. The van der Waals surface area contributed by atoms with Crippen LogP contribution in [0.3, 0.4) is 0 Å². The first kappa shape index (κ1) is 25.9. The molecule has 1 aromatic carbocycles. The predicted molar refractivity (Wildman–Crippen MR) is 133 cm³/mol. The molecule has 1 N–H and O–H groups in total. The third-order valence-corrected chi connectivity index (χ3v) is 5.82. The summed E-state index contributed by atoms with van der Waals surface area (Å²) in [5.74, 6) is 3.12. The van der Waals surface area contributed by atoms with E-state index in [4.69, 9.17) is 14.5 Å². The number of likely N-dealkylation sites (tertiary alicyclic amines) is 1. The van der Waals surface area contributed by atoms with E-state index in [0.29, 0.717) is 13.1 Å². The van der Waals surface area contributed by atoms with E-state index < -0.39 is 0 Å². The van der Waals surface area contributed by atoms with Gasteiger partial charge < -0.3 is 24.3 Å². The molecule has 2 heterocycles. The minimum absolute atomic E-state index is 0. The Morgan fingerprint density at radius 3 is 2.53 bits per heavy atom. The summed E-state index contributed by atoms with van der Waals surface area (Å²) < 4.78 is 12.1. The Balaban J connectivity index is 0.00000363. The van der Waals surface area contributed by atoms with Crippen molar-refractivity contribution in [3.05, 3.63) is 41.5 Å². The van der Waals surface area contributed by atoms with Gasteiger partial charge in [0.25, 0.3) is 0 Å². The molecule has 0 aliphatic carbocycles. The smallest absolute Gasteiger partial charge is 0.310 e. The molecule has 2 unspecified atom stereocenters. The van der Waals surface area contributed by atoms with Gasteiger partial charge in [-0.05, 0) is 37.0 Å². The van der Waals surface area contributed by atoms with Gasteiger partial charge in [-0.3, -0.25) is 4.79 Å². The summed E-state index contributed by atoms with van der Waals surface area (Å²) in [5, 5.41) is 11.8. The molecule has 0 spiro atoms. The quantitative estimate of drug-likeness (QED) is 0.242. The lowest BCUT2D eigenvalue weighted by atomic mass is 9.99. The number of esters is 1. The summed E-state index contributed by atoms with van der Waals surface area (Å²) in [6.07, 6.45) is 0.843. The Morgan fingerprint density at radius 1 is 1.22 bits per heavy atom. The Kier molecular flexibility index (Phi) is 9.73. The van der Waals surface area contributed by atoms with E-state index in [1.54, 1.807) is 7.11 Å². The maximum absolute atomic E-state index is 12.1. The van der Waals surface area contributed by atoms with Crippen molar-refractivity contribution >= 4 is 35.9 Å². The molecular formula is C22H33IN6O3. The zero-order valence-electron chi connectivity index (χ0n) is 19.4. The molecule has 9 nitrogen and oxygen atoms in total. The van der Waals surface area contributed by atoms with Crippen molar-refractivity contribution in [2.24, 2.45) is 23.9 Å². The van der Waals surface area contributed by atoms with Gasteiger partial charge in [-0.1, -0.05) is 19.1 Å². The van der Waals surface area contributed by atoms with Crippen LogP contribution in [0.5, 0.6) is 5.75 Å². The van der Waals surface area contributed by atoms with Gasteiger partial charge >= 0.3 is 5.97 Å². The molecule has 0 amide bonds. The van der Waals surface area contributed by atoms with Crippen LogP contribution < -0.4 is 10.1 Å². The van der Waals surface area contributed by atoms with Crippen LogP contribution in [0.15, 0.2) is 29.3 Å². The number of nitrogens with zero attached hydrogens (tertiary/aromatic N) is 5. The average Bonchev–Trinajstić information content (AvgIpc) is 3.32. The number of aryl methyl sites for hydroxylation is 1. The second kappa shape index (κ2) is 12.0. The van der Waals surface area contributed by atoms with Gasteiger partial charge in [0.15, 0.2) is 11.8 Å². The zero-order chi connectivity index (χ0) is 22.4. The largest absolute Gasteiger partial charge is 0.497 e. The van der Waals surface area contributed by atoms with Crippen molar-refractivity contribution in [3.63, 3.8) is 0 Å². The van der Waals surface area contributed by atoms with Crippen LogP contribution in [0, 0.1) is 18.8 Å². The highest BCUT2D eigenvalue weighted by Crippen LogP contribution is 2.24. The number of benzene rings is 1. The molecule has 3 rings (SSSR count). The monoisotopic (exact) mass is 556 g/mol. The molecule has 1 aliphatic rings. The molecule has 1 aromatic heterocycles. The minimum atomic E-state index is -0.170. The second-order valence-electron chi connectivity index (χ2n) is 7.90. The highest BCUT2D eigenvalue weighted by molar-refractivity contribution is 14.0. The number of nitrogens with one attached hydrogen (secondary N) is 1. The van der Waals surface area contributed by atoms with Crippen LogP contribution in [0.2, 0.25) is 0 Å². The van der Waals surface area contributed by atoms with Gasteiger partial charge in [0.1, 0.15) is 18.1 Å². The second-order valence-corrected chi connectivity index (χ2v) is 7.90. The average molecular weight is 556 g/mol. The lowest BCUT2D eigenvalue weighted by Crippen LogP contribution is -2.41. The van der Waals surface area contributed by atoms with Crippen molar-refractivity contribution in [3.8, 4) is 5.75 Å². The van der Waals surface area contributed by atoms with E-state index >= 15 is 0 Å². The number of ether oxygens (including phenoxy) is 2. The van der Waals surface area contributed by atoms with Gasteiger partial charge in [0, 0.05) is 26.7 Å². The fourth-order valence-corrected chi connectivity index (χ4v) is 3.71. The summed E-state index contributed by atoms with van der Waals surface area (Å²) in [7, 11) is 5.04. The fraction of sp³-hybridized carbons (Fsp3) is 0.545. The molecule has 32 heavy (non-hydrogen) atoms. The van der Waals surface area contributed by atoms with E-state index in [1.807, 2.05) is 30.7 Å². The lowest BCUT2D eigenvalue weighted by Gasteiger charge is -2.22. The molecule has 0 bridgehead atoms. The first-order valence-corrected chi connectivity index (χ1v) is 10.5. The summed E-state index contributed by atoms with van der Waals surface area (Å²) in [6, 6.07) is 8.05. The number of methoxy groups -OCH3 is 2. The van der Waals surface area contributed by atoms with Crippen molar-refractivity contribution in [1.82, 2.24) is 25.0 Å². The maximum atomic E-state index is 12.1. The number of carbonyl (C=O) groups excluding carboxylic acids is 1. The van der Waals surface area contributed by atoms with Gasteiger partial charge in [-0.15, -0.1) is 34.2 Å². The number of hydrogen-bond donors (Lipinski definition) is 1. The van der Waals surface area contributed by atoms with E-state index in [9.17, 15) is 4.79 Å². The maximum Gasteiger partial charge on any atom is 0.310 e. The number of aliphatic imine (C=N–C) groups is 1. The Morgan fingerprint density at radius 2 is 1.94 bits per heavy atom. The van der Waals surface area contributed by atoms with E-state index in [2.05, 4.69) is 39.5 Å². The molecule has 176 valence electrons. The van der Waals surface area contributed by atoms with Crippen molar-refractivity contribution in [1.29, 1.82) is 0 Å². The van der Waals surface area contributed by atoms with Crippen LogP contribution in [0.25, 0.3) is 0 Å². The van der Waals surface area contributed by atoms with Crippen LogP contribution in [-0.2, 0) is 29.5 Å². The minimum Gasteiger partial charge on any atom is -0.497 e. The lowest BCUT2D eigenvalue weighted by molar-refractivity contribution is -0.145. The molecule has 1 saturated heterocycles. The summed E-state index contributed by atoms with van der Waals surface area (Å²) >= 11 is 0. The van der Waals surface area contributed by atoms with Crippen LogP contribution in [0.1, 0.15) is 24.1 Å². The van der Waals surface area contributed by atoms with E-state index in [1.165, 1.54) is 12.7 Å². The molecule has 2 aromatic rings. The molecular weight excluding hydrogens is 523 g/mol. The summed E-state index contributed by atoms with van der Waals surface area (Å²) in [5.41, 5.74) is 1.21. The normalized spacial score (nSPS) is 18.3. The topological polar surface area (TPSA) is 93.9 Å². The van der Waals surface area contributed by atoms with E-state index in [0.717, 1.165) is 42.9 Å². The molecule has 0 radical (unpaired) electrons. The third kappa shape index (κ3) is 6.33. The van der Waals surface area contributed by atoms with Gasteiger partial charge in [-0.2, -0.15) is 0 Å². The number of aromatic nitrogens is 3. The highest BCUT2D eigenvalue weighted by atomic mass is 127. The molecule has 0 saturated carbocycles. The van der Waals surface area contributed by atoms with E-state index in [-0.39, 0.29) is 41.8 Å². The highest BCUT2D eigenvalue weighted by Gasteiger charge is 2.37. The number of halogens is 1. The Bertz CT molecular complexity index is 915. The SMILES string of the molecule is COC(=O)C1CN(C(=NCc2nnc(C)n2C)NCCc2ccc(OC)cc2)CC1C.I. The Hall–Kier alpha value is -2.37. The molecule has 1 fully saturated rings. The van der Waals surface area contributed by atoms with Crippen LogP contribution in [0.4, 0.5) is 0 Å². The van der Waals surface area contributed by atoms with Crippen molar-refractivity contribution < 1.29 is 14.3 Å². The van der Waals surface area contributed by atoms with Crippen LogP contribution >= 0.6 is 24.0 Å². The predicted octanol–water partition coefficient (Wildman–Crippen LogP) is 2.18. The fourth-order valence-electron chi connectivity index (χ4n) is 3.71. The van der Waals surface area contributed by atoms with Crippen molar-refractivity contribution in [2.45, 2.75) is 26.8 Å². The van der Waals surface area contributed by atoms with Gasteiger partial charge in [0.05, 0.1) is 20.1 Å². The third-order valence-electron chi connectivity index (χ3n) is 5.82. The number of rotatable bonds is 7. The molecule has 10 heteroatoms. The first-order chi connectivity index (χ1) is 14.9. The van der Waals surface area contributed by atoms with Crippen LogP contribution in [-0.4, -0.2) is 65.4 Å². The van der Waals surface area contributed by atoms with Crippen molar-refractivity contribution in [2.75, 3.05) is 33.9 Å². The zero-order valence-corrected chi connectivity index (χ0v) is 21.7. The molecule has 2 atom stereocenters. The summed E-state index contributed by atoms with van der Waals surface area (Å²) in [4.78, 5) is 19.1. The number of hydrogen-bond acceptors (Lipinski definition) is 6. The van der Waals surface area contributed by atoms with Gasteiger partial charge in [0.2, 0.25) is 0 Å². The summed E-state index contributed by atoms with van der Waals surface area (Å²) in [6.45, 7) is 6.44. The number of carbonyl (C=O) groups is 1. The first-order valence-electron chi connectivity index (χ1n) is 10.5. The molecule has 1 aliphatic heterocycles. The van der Waals surface area contributed by atoms with Gasteiger partial charge in [-0.25, -0.2) is 4.99 Å². The standard InChI is InChI=1S/C22H32N6O3.HI/c1-15-13-28(14-19(15)21(29)31-5)22(24-12-20-26-25-16(2)27(20)3)23-11-10-17-6-8-18(30-4)9-7-17;/h6-9,15,19H,10-14H2,1-5H3,(H,23,24);1H. The Labute approximate surface area is 206 Å².